The summed E-state index contributed by atoms with van der Waals surface area (Å²) in [7, 11) is 3.78. The summed E-state index contributed by atoms with van der Waals surface area (Å²) in [4.78, 5) is 2.26. The van der Waals surface area contributed by atoms with Gasteiger partial charge >= 0.3 is 0 Å². The molecule has 1 N–H and O–H groups in total. The number of ether oxygens (including phenoxy) is 1. The van der Waals surface area contributed by atoms with Crippen molar-refractivity contribution in [3.05, 3.63) is 65.2 Å². The normalized spacial score (nSPS) is 10.8. The van der Waals surface area contributed by atoms with Crippen LogP contribution in [0, 0.1) is 0 Å². The van der Waals surface area contributed by atoms with Crippen molar-refractivity contribution in [2.45, 2.75) is 19.7 Å². The van der Waals surface area contributed by atoms with Crippen LogP contribution < -0.4 is 4.74 Å². The summed E-state index contributed by atoms with van der Waals surface area (Å²) in [6.07, 6.45) is 0. The predicted molar refractivity (Wildman–Crippen MR) is 80.5 cm³/mol. The number of methoxy groups -OCH3 is 1. The van der Waals surface area contributed by atoms with Crippen molar-refractivity contribution in [3.8, 4) is 5.75 Å². The zero-order chi connectivity index (χ0) is 14.4. The lowest BCUT2D eigenvalue weighted by Gasteiger charge is -2.17. The fourth-order valence-corrected chi connectivity index (χ4v) is 2.16. The third kappa shape index (κ3) is 4.08. The maximum Gasteiger partial charge on any atom is 0.118 e. The average Bonchev–Trinajstić information content (AvgIpc) is 2.49. The molecule has 3 nitrogen and oxygen atoms in total. The molecule has 2 rings (SSSR count). The van der Waals surface area contributed by atoms with Crippen LogP contribution in [0.25, 0.3) is 0 Å². The largest absolute Gasteiger partial charge is 0.497 e. The molecule has 3 heteroatoms. The molecule has 0 fully saturated rings. The number of hydrogen-bond donors (Lipinski definition) is 1. The summed E-state index contributed by atoms with van der Waals surface area (Å²) >= 11 is 0. The summed E-state index contributed by atoms with van der Waals surface area (Å²) in [6.45, 7) is 1.88. The van der Waals surface area contributed by atoms with Gasteiger partial charge in [-0.2, -0.15) is 0 Å². The summed E-state index contributed by atoms with van der Waals surface area (Å²) in [5.74, 6) is 0.885. The van der Waals surface area contributed by atoms with Crippen LogP contribution in [0.5, 0.6) is 5.75 Å². The number of rotatable bonds is 6. The Balaban J connectivity index is 1.91. The molecule has 0 aliphatic carbocycles. The Bertz CT molecular complexity index is 470. The number of aliphatic hydroxyl groups is 1. The van der Waals surface area contributed by atoms with Crippen LogP contribution in [0.1, 0.15) is 16.7 Å². The van der Waals surface area contributed by atoms with Crippen molar-refractivity contribution in [2.75, 3.05) is 14.2 Å². The van der Waals surface area contributed by atoms with E-state index in [1.54, 1.807) is 7.11 Å². The molecule has 0 amide bonds. The Hall–Kier alpha value is -1.84. The standard InChI is InChI=1S/C17H21NO2/c1-18(11-14-3-5-16(13-19)6-4-14)12-15-7-9-17(20-2)10-8-15/h3-10,19H,11-13H2,1-2H3. The van der Waals surface area contributed by atoms with E-state index >= 15 is 0 Å². The molecule has 0 saturated heterocycles. The van der Waals surface area contributed by atoms with Crippen LogP contribution >= 0.6 is 0 Å². The van der Waals surface area contributed by atoms with Crippen molar-refractivity contribution in [2.24, 2.45) is 0 Å². The lowest BCUT2D eigenvalue weighted by atomic mass is 10.1. The van der Waals surface area contributed by atoms with E-state index in [1.807, 2.05) is 24.3 Å². The van der Waals surface area contributed by atoms with E-state index in [4.69, 9.17) is 9.84 Å². The van der Waals surface area contributed by atoms with E-state index < -0.39 is 0 Å². The maximum atomic E-state index is 9.03. The fraction of sp³-hybridized carbons (Fsp3) is 0.294. The van der Waals surface area contributed by atoms with Gasteiger partial charge in [0.05, 0.1) is 13.7 Å². The SMILES string of the molecule is COc1ccc(CN(C)Cc2ccc(CO)cc2)cc1. The summed E-state index contributed by atoms with van der Waals surface area (Å²) in [5, 5.41) is 9.03. The van der Waals surface area contributed by atoms with Crippen LogP contribution in [0.4, 0.5) is 0 Å². The van der Waals surface area contributed by atoms with Crippen molar-refractivity contribution in [3.63, 3.8) is 0 Å². The smallest absolute Gasteiger partial charge is 0.118 e. The van der Waals surface area contributed by atoms with Gasteiger partial charge in [-0.1, -0.05) is 36.4 Å². The number of hydrogen-bond acceptors (Lipinski definition) is 3. The van der Waals surface area contributed by atoms with Crippen molar-refractivity contribution < 1.29 is 9.84 Å². The molecular weight excluding hydrogens is 250 g/mol. The number of nitrogens with zero attached hydrogens (tertiary/aromatic N) is 1. The monoisotopic (exact) mass is 271 g/mol. The molecule has 0 spiro atoms. The molecule has 0 aliphatic rings. The Morgan fingerprint density at radius 2 is 1.30 bits per heavy atom. The van der Waals surface area contributed by atoms with E-state index in [9.17, 15) is 0 Å². The predicted octanol–water partition coefficient (Wildman–Crippen LogP) is 2.82. The Morgan fingerprint density at radius 1 is 0.850 bits per heavy atom. The number of aliphatic hydroxyl groups excluding tert-OH is 1. The fourth-order valence-electron chi connectivity index (χ4n) is 2.16. The molecule has 20 heavy (non-hydrogen) atoms. The van der Waals surface area contributed by atoms with Gasteiger partial charge in [0.25, 0.3) is 0 Å². The summed E-state index contributed by atoms with van der Waals surface area (Å²) in [5.41, 5.74) is 3.46. The van der Waals surface area contributed by atoms with Crippen LogP contribution in [-0.2, 0) is 19.7 Å². The zero-order valence-electron chi connectivity index (χ0n) is 12.0. The van der Waals surface area contributed by atoms with Crippen LogP contribution in [-0.4, -0.2) is 24.2 Å². The second kappa shape index (κ2) is 7.08. The first-order valence-electron chi connectivity index (χ1n) is 6.71. The molecule has 0 bridgehead atoms. The molecule has 2 aromatic carbocycles. The molecule has 0 unspecified atom stereocenters. The van der Waals surface area contributed by atoms with E-state index in [0.29, 0.717) is 0 Å². The van der Waals surface area contributed by atoms with Gasteiger partial charge in [-0.05, 0) is 35.9 Å². The molecule has 0 saturated carbocycles. The Labute approximate surface area is 120 Å². The quantitative estimate of drug-likeness (QED) is 0.877. The van der Waals surface area contributed by atoms with Gasteiger partial charge in [-0.3, -0.25) is 4.90 Å². The van der Waals surface area contributed by atoms with Gasteiger partial charge in [-0.15, -0.1) is 0 Å². The van der Waals surface area contributed by atoms with Crippen molar-refractivity contribution >= 4 is 0 Å². The highest BCUT2D eigenvalue weighted by Crippen LogP contribution is 2.14. The molecular formula is C17H21NO2. The number of benzene rings is 2. The second-order valence-corrected chi connectivity index (χ2v) is 4.99. The van der Waals surface area contributed by atoms with Crippen LogP contribution in [0.3, 0.4) is 0 Å². The maximum absolute atomic E-state index is 9.03. The van der Waals surface area contributed by atoms with Gasteiger partial charge in [0.2, 0.25) is 0 Å². The average molecular weight is 271 g/mol. The lowest BCUT2D eigenvalue weighted by molar-refractivity contribution is 0.281. The third-order valence-corrected chi connectivity index (χ3v) is 3.27. The van der Waals surface area contributed by atoms with E-state index in [-0.39, 0.29) is 6.61 Å². The van der Waals surface area contributed by atoms with Crippen LogP contribution in [0.2, 0.25) is 0 Å². The molecule has 0 atom stereocenters. The molecule has 0 radical (unpaired) electrons. The minimum atomic E-state index is 0.0992. The molecule has 2 aromatic rings. The molecule has 106 valence electrons. The Kier molecular flexibility index (Phi) is 5.16. The second-order valence-electron chi connectivity index (χ2n) is 4.99. The van der Waals surface area contributed by atoms with E-state index in [2.05, 4.69) is 36.2 Å². The first-order chi connectivity index (χ1) is 9.71. The molecule has 0 aliphatic heterocycles. The first-order valence-corrected chi connectivity index (χ1v) is 6.71. The minimum absolute atomic E-state index is 0.0992. The topological polar surface area (TPSA) is 32.7 Å². The highest BCUT2D eigenvalue weighted by molar-refractivity contribution is 5.27. The van der Waals surface area contributed by atoms with Crippen molar-refractivity contribution in [1.82, 2.24) is 4.90 Å². The van der Waals surface area contributed by atoms with Gasteiger partial charge in [0.15, 0.2) is 0 Å². The van der Waals surface area contributed by atoms with Crippen molar-refractivity contribution in [1.29, 1.82) is 0 Å². The summed E-state index contributed by atoms with van der Waals surface area (Å²) < 4.78 is 5.16. The lowest BCUT2D eigenvalue weighted by Crippen LogP contribution is -2.17. The minimum Gasteiger partial charge on any atom is -0.497 e. The van der Waals surface area contributed by atoms with Gasteiger partial charge in [0.1, 0.15) is 5.75 Å². The summed E-state index contributed by atoms with van der Waals surface area (Å²) in [6, 6.07) is 16.2. The van der Waals surface area contributed by atoms with Gasteiger partial charge in [0, 0.05) is 13.1 Å². The van der Waals surface area contributed by atoms with Gasteiger partial charge in [-0.25, -0.2) is 0 Å². The molecule has 0 heterocycles. The van der Waals surface area contributed by atoms with Gasteiger partial charge < -0.3 is 9.84 Å². The van der Waals surface area contributed by atoms with Crippen LogP contribution in [0.15, 0.2) is 48.5 Å². The third-order valence-electron chi connectivity index (χ3n) is 3.27. The first kappa shape index (κ1) is 14.6. The zero-order valence-corrected chi connectivity index (χ0v) is 12.0. The Morgan fingerprint density at radius 3 is 1.75 bits per heavy atom. The van der Waals surface area contributed by atoms with E-state index in [1.165, 1.54) is 11.1 Å². The highest BCUT2D eigenvalue weighted by Gasteiger charge is 2.02. The molecule has 0 aromatic heterocycles. The highest BCUT2D eigenvalue weighted by atomic mass is 16.5. The van der Waals surface area contributed by atoms with E-state index in [0.717, 1.165) is 24.4 Å².